The van der Waals surface area contributed by atoms with Crippen molar-refractivity contribution in [2.75, 3.05) is 7.11 Å². The van der Waals surface area contributed by atoms with Crippen LogP contribution in [0.4, 0.5) is 0 Å². The molecule has 1 atom stereocenters. The second-order valence-corrected chi connectivity index (χ2v) is 5.12. The minimum absolute atomic E-state index is 0.236. The van der Waals surface area contributed by atoms with Crippen molar-refractivity contribution < 1.29 is 9.26 Å². The van der Waals surface area contributed by atoms with E-state index in [0.29, 0.717) is 17.5 Å². The van der Waals surface area contributed by atoms with Crippen molar-refractivity contribution in [3.05, 3.63) is 28.5 Å². The van der Waals surface area contributed by atoms with Crippen molar-refractivity contribution in [2.45, 2.75) is 18.7 Å². The first-order chi connectivity index (χ1) is 8.65. The SMILES string of the molecule is CCC(Cl)c1noc(-c2cc(Br)ccc2OC)n1. The lowest BCUT2D eigenvalue weighted by Crippen LogP contribution is -1.91. The maximum absolute atomic E-state index is 6.07. The first-order valence-corrected chi connectivity index (χ1v) is 6.70. The fourth-order valence-corrected chi connectivity index (χ4v) is 1.95. The van der Waals surface area contributed by atoms with E-state index in [2.05, 4.69) is 26.1 Å². The molecule has 6 heteroatoms. The van der Waals surface area contributed by atoms with Gasteiger partial charge in [0.05, 0.1) is 18.1 Å². The van der Waals surface area contributed by atoms with E-state index in [4.69, 9.17) is 20.9 Å². The van der Waals surface area contributed by atoms with Crippen LogP contribution < -0.4 is 4.74 Å². The van der Waals surface area contributed by atoms with E-state index in [9.17, 15) is 0 Å². The second-order valence-electron chi connectivity index (χ2n) is 3.68. The van der Waals surface area contributed by atoms with Crippen molar-refractivity contribution in [1.29, 1.82) is 0 Å². The zero-order valence-corrected chi connectivity index (χ0v) is 12.3. The average Bonchev–Trinajstić information content (AvgIpc) is 2.87. The van der Waals surface area contributed by atoms with Gasteiger partial charge in [0, 0.05) is 4.47 Å². The zero-order chi connectivity index (χ0) is 13.1. The lowest BCUT2D eigenvalue weighted by molar-refractivity contribution is 0.402. The molecule has 1 heterocycles. The summed E-state index contributed by atoms with van der Waals surface area (Å²) in [5, 5.41) is 3.64. The molecule has 1 aromatic carbocycles. The van der Waals surface area contributed by atoms with Crippen LogP contribution in [0.25, 0.3) is 11.5 Å². The van der Waals surface area contributed by atoms with Crippen LogP contribution in [0.15, 0.2) is 27.2 Å². The van der Waals surface area contributed by atoms with Gasteiger partial charge in [-0.05, 0) is 24.6 Å². The molecule has 4 nitrogen and oxygen atoms in total. The fourth-order valence-electron chi connectivity index (χ4n) is 1.50. The van der Waals surface area contributed by atoms with Gasteiger partial charge in [-0.1, -0.05) is 28.0 Å². The summed E-state index contributed by atoms with van der Waals surface area (Å²) >= 11 is 9.47. The number of hydrogen-bond donors (Lipinski definition) is 0. The van der Waals surface area contributed by atoms with E-state index in [0.717, 1.165) is 16.5 Å². The number of methoxy groups -OCH3 is 1. The van der Waals surface area contributed by atoms with Gasteiger partial charge < -0.3 is 9.26 Å². The maximum Gasteiger partial charge on any atom is 0.261 e. The van der Waals surface area contributed by atoms with Crippen molar-refractivity contribution in [3.8, 4) is 17.2 Å². The number of benzene rings is 1. The monoisotopic (exact) mass is 330 g/mol. The van der Waals surface area contributed by atoms with Crippen LogP contribution >= 0.6 is 27.5 Å². The highest BCUT2D eigenvalue weighted by Crippen LogP contribution is 2.32. The minimum Gasteiger partial charge on any atom is -0.496 e. The molecule has 1 unspecified atom stereocenters. The molecule has 0 spiro atoms. The van der Waals surface area contributed by atoms with Gasteiger partial charge in [-0.3, -0.25) is 0 Å². The van der Waals surface area contributed by atoms with E-state index in [1.165, 1.54) is 0 Å². The van der Waals surface area contributed by atoms with Crippen molar-refractivity contribution in [3.63, 3.8) is 0 Å². The van der Waals surface area contributed by atoms with Crippen LogP contribution in [0.3, 0.4) is 0 Å². The molecule has 0 saturated heterocycles. The van der Waals surface area contributed by atoms with Crippen molar-refractivity contribution in [2.24, 2.45) is 0 Å². The Morgan fingerprint density at radius 1 is 1.50 bits per heavy atom. The highest BCUT2D eigenvalue weighted by molar-refractivity contribution is 9.10. The number of halogens is 2. The first-order valence-electron chi connectivity index (χ1n) is 5.47. The van der Waals surface area contributed by atoms with Crippen molar-refractivity contribution >= 4 is 27.5 Å². The highest BCUT2D eigenvalue weighted by Gasteiger charge is 2.17. The molecular weight excluding hydrogens is 320 g/mol. The first kappa shape index (κ1) is 13.4. The van der Waals surface area contributed by atoms with Gasteiger partial charge in [-0.25, -0.2) is 0 Å². The quantitative estimate of drug-likeness (QED) is 0.788. The van der Waals surface area contributed by atoms with Crippen LogP contribution in [0.1, 0.15) is 24.5 Å². The predicted molar refractivity (Wildman–Crippen MR) is 72.9 cm³/mol. The molecule has 0 amide bonds. The molecule has 0 bridgehead atoms. The van der Waals surface area contributed by atoms with Gasteiger partial charge in [0.2, 0.25) is 0 Å². The Balaban J connectivity index is 2.42. The van der Waals surface area contributed by atoms with Crippen LogP contribution in [0.2, 0.25) is 0 Å². The fraction of sp³-hybridized carbons (Fsp3) is 0.333. The molecule has 2 aromatic rings. The Kier molecular flexibility index (Phi) is 4.24. The summed E-state index contributed by atoms with van der Waals surface area (Å²) < 4.78 is 11.4. The third kappa shape index (κ3) is 2.67. The third-order valence-corrected chi connectivity index (χ3v) is 3.47. The van der Waals surface area contributed by atoms with E-state index >= 15 is 0 Å². The summed E-state index contributed by atoms with van der Waals surface area (Å²) in [4.78, 5) is 4.29. The number of nitrogens with zero attached hydrogens (tertiary/aromatic N) is 2. The van der Waals surface area contributed by atoms with E-state index < -0.39 is 0 Å². The Hall–Kier alpha value is -1.07. The number of rotatable bonds is 4. The Bertz CT molecular complexity index is 545. The Morgan fingerprint density at radius 3 is 2.94 bits per heavy atom. The number of ether oxygens (including phenoxy) is 1. The summed E-state index contributed by atoms with van der Waals surface area (Å²) in [7, 11) is 1.60. The highest BCUT2D eigenvalue weighted by atomic mass is 79.9. The number of aromatic nitrogens is 2. The normalized spacial score (nSPS) is 12.4. The minimum atomic E-state index is -0.236. The van der Waals surface area contributed by atoms with E-state index in [-0.39, 0.29) is 5.38 Å². The Labute approximate surface area is 118 Å². The van der Waals surface area contributed by atoms with Crippen LogP contribution in [-0.2, 0) is 0 Å². The van der Waals surface area contributed by atoms with Crippen LogP contribution in [0, 0.1) is 0 Å². The number of hydrogen-bond acceptors (Lipinski definition) is 4. The van der Waals surface area contributed by atoms with Gasteiger partial charge in [0.15, 0.2) is 5.82 Å². The lowest BCUT2D eigenvalue weighted by Gasteiger charge is -2.04. The molecule has 0 aliphatic rings. The van der Waals surface area contributed by atoms with Gasteiger partial charge >= 0.3 is 0 Å². The molecule has 0 aliphatic heterocycles. The van der Waals surface area contributed by atoms with Gasteiger partial charge in [0.25, 0.3) is 5.89 Å². The molecule has 18 heavy (non-hydrogen) atoms. The van der Waals surface area contributed by atoms with E-state index in [1.54, 1.807) is 7.11 Å². The summed E-state index contributed by atoms with van der Waals surface area (Å²) in [5.41, 5.74) is 0.741. The second kappa shape index (κ2) is 5.71. The standard InChI is InChI=1S/C12H12BrClN2O2/c1-3-9(14)11-15-12(18-16-11)8-6-7(13)4-5-10(8)17-2/h4-6,9H,3H2,1-2H3. The van der Waals surface area contributed by atoms with E-state index in [1.807, 2.05) is 25.1 Å². The van der Waals surface area contributed by atoms with Crippen LogP contribution in [-0.4, -0.2) is 17.3 Å². The average molecular weight is 332 g/mol. The Morgan fingerprint density at radius 2 is 2.28 bits per heavy atom. The van der Waals surface area contributed by atoms with Crippen LogP contribution in [0.5, 0.6) is 5.75 Å². The molecule has 0 N–H and O–H groups in total. The molecule has 0 fully saturated rings. The zero-order valence-electron chi connectivity index (χ0n) is 9.98. The molecule has 96 valence electrons. The van der Waals surface area contributed by atoms with Crippen molar-refractivity contribution in [1.82, 2.24) is 10.1 Å². The lowest BCUT2D eigenvalue weighted by atomic mass is 10.2. The van der Waals surface area contributed by atoms with Gasteiger partial charge in [-0.15, -0.1) is 11.6 Å². The molecule has 0 aliphatic carbocycles. The summed E-state index contributed by atoms with van der Waals surface area (Å²) in [6.07, 6.45) is 0.746. The number of alkyl halides is 1. The molecule has 2 rings (SSSR count). The summed E-state index contributed by atoms with van der Waals surface area (Å²) in [6, 6.07) is 5.59. The summed E-state index contributed by atoms with van der Waals surface area (Å²) in [5.74, 6) is 1.58. The summed E-state index contributed by atoms with van der Waals surface area (Å²) in [6.45, 7) is 1.97. The maximum atomic E-state index is 6.07. The molecular formula is C12H12BrClN2O2. The predicted octanol–water partition coefficient (Wildman–Crippen LogP) is 4.20. The topological polar surface area (TPSA) is 48.2 Å². The molecule has 0 saturated carbocycles. The molecule has 0 radical (unpaired) electrons. The molecule has 1 aromatic heterocycles. The van der Waals surface area contributed by atoms with Gasteiger partial charge in [0.1, 0.15) is 5.75 Å². The third-order valence-electron chi connectivity index (χ3n) is 2.47. The smallest absolute Gasteiger partial charge is 0.261 e. The van der Waals surface area contributed by atoms with Gasteiger partial charge in [-0.2, -0.15) is 4.98 Å². The largest absolute Gasteiger partial charge is 0.496 e.